The maximum Gasteiger partial charge on any atom is 0.435 e. The Kier molecular flexibility index (Phi) is 4.27. The molecule has 0 saturated carbocycles. The summed E-state index contributed by atoms with van der Waals surface area (Å²) in [6.45, 7) is 3.33. The normalized spacial score (nSPS) is 15.2. The Balaban J connectivity index is 1.53. The predicted molar refractivity (Wildman–Crippen MR) is 92.6 cm³/mol. The van der Waals surface area contributed by atoms with Gasteiger partial charge in [0.15, 0.2) is 11.3 Å². The number of rotatable bonds is 4. The van der Waals surface area contributed by atoms with Gasteiger partial charge in [0.1, 0.15) is 5.82 Å². The largest absolute Gasteiger partial charge is 0.435 e. The van der Waals surface area contributed by atoms with Crippen LogP contribution < -0.4 is 4.90 Å². The maximum absolute atomic E-state index is 13.0. The monoisotopic (exact) mass is 379 g/mol. The first-order valence-corrected chi connectivity index (χ1v) is 8.90. The van der Waals surface area contributed by atoms with Crippen molar-refractivity contribution in [3.63, 3.8) is 0 Å². The summed E-state index contributed by atoms with van der Waals surface area (Å²) in [5.41, 5.74) is -0.0222. The first-order valence-electron chi connectivity index (χ1n) is 8.90. The topological polar surface area (TPSA) is 64.1 Å². The summed E-state index contributed by atoms with van der Waals surface area (Å²) in [6.07, 6.45) is -1.01. The van der Waals surface area contributed by atoms with Crippen molar-refractivity contribution in [3.8, 4) is 0 Å². The lowest BCUT2D eigenvalue weighted by atomic mass is 10.2. The van der Waals surface area contributed by atoms with E-state index in [0.717, 1.165) is 37.7 Å². The van der Waals surface area contributed by atoms with E-state index in [2.05, 4.69) is 25.1 Å². The van der Waals surface area contributed by atoms with Gasteiger partial charge in [-0.1, -0.05) is 0 Å². The summed E-state index contributed by atoms with van der Waals surface area (Å²) in [6, 6.07) is 3.27. The van der Waals surface area contributed by atoms with E-state index >= 15 is 0 Å². The van der Waals surface area contributed by atoms with Crippen LogP contribution in [0, 0.1) is 6.92 Å². The Morgan fingerprint density at radius 2 is 1.78 bits per heavy atom. The SMILES string of the molecule is Cc1c(C(F)(F)F)nc2ccc(CCc3nc(N4CCCC4)nn3C)nn12. The fourth-order valence-corrected chi connectivity index (χ4v) is 3.39. The van der Waals surface area contributed by atoms with Crippen molar-refractivity contribution in [1.82, 2.24) is 29.4 Å². The fourth-order valence-electron chi connectivity index (χ4n) is 3.39. The van der Waals surface area contributed by atoms with E-state index in [4.69, 9.17) is 0 Å². The van der Waals surface area contributed by atoms with Crippen LogP contribution in [0.15, 0.2) is 12.1 Å². The molecule has 0 atom stereocenters. The van der Waals surface area contributed by atoms with Crippen LogP contribution in [0.5, 0.6) is 0 Å². The zero-order chi connectivity index (χ0) is 19.2. The molecule has 0 bridgehead atoms. The van der Waals surface area contributed by atoms with Gasteiger partial charge in [0.25, 0.3) is 0 Å². The Hall–Kier alpha value is -2.65. The molecule has 0 amide bonds. The quantitative estimate of drug-likeness (QED) is 0.697. The molecular weight excluding hydrogens is 359 g/mol. The first kappa shape index (κ1) is 17.7. The van der Waals surface area contributed by atoms with E-state index in [1.54, 1.807) is 16.8 Å². The lowest BCUT2D eigenvalue weighted by Crippen LogP contribution is -2.19. The first-order chi connectivity index (χ1) is 12.8. The summed E-state index contributed by atoms with van der Waals surface area (Å²) in [4.78, 5) is 10.4. The highest BCUT2D eigenvalue weighted by Gasteiger charge is 2.36. The number of aryl methyl sites for hydroxylation is 4. The van der Waals surface area contributed by atoms with Crippen molar-refractivity contribution in [2.45, 2.75) is 38.8 Å². The zero-order valence-electron chi connectivity index (χ0n) is 15.2. The average Bonchev–Trinajstić information content (AvgIpc) is 3.32. The zero-order valence-corrected chi connectivity index (χ0v) is 15.2. The van der Waals surface area contributed by atoms with Gasteiger partial charge in [-0.3, -0.25) is 4.68 Å². The maximum atomic E-state index is 13.0. The molecule has 7 nitrogen and oxygen atoms in total. The number of alkyl halides is 3. The van der Waals surface area contributed by atoms with E-state index in [9.17, 15) is 13.2 Å². The second-order valence-electron chi connectivity index (χ2n) is 6.78. The summed E-state index contributed by atoms with van der Waals surface area (Å²) in [5, 5.41) is 8.79. The minimum atomic E-state index is -4.48. The van der Waals surface area contributed by atoms with Crippen LogP contribution >= 0.6 is 0 Å². The Morgan fingerprint density at radius 3 is 2.48 bits per heavy atom. The van der Waals surface area contributed by atoms with Crippen molar-refractivity contribution in [2.75, 3.05) is 18.0 Å². The lowest BCUT2D eigenvalue weighted by Gasteiger charge is -2.10. The number of anilines is 1. The molecule has 0 N–H and O–H groups in total. The highest BCUT2D eigenvalue weighted by molar-refractivity contribution is 5.42. The summed E-state index contributed by atoms with van der Waals surface area (Å²) < 4.78 is 42.0. The number of hydrogen-bond acceptors (Lipinski definition) is 5. The van der Waals surface area contributed by atoms with Gasteiger partial charge in [0.05, 0.1) is 11.4 Å². The molecular formula is C17H20F3N7. The molecule has 1 saturated heterocycles. The van der Waals surface area contributed by atoms with Crippen LogP contribution in [0.25, 0.3) is 5.65 Å². The fraction of sp³-hybridized carbons (Fsp3) is 0.529. The average molecular weight is 379 g/mol. The number of imidazole rings is 1. The molecule has 1 aliphatic rings. The number of nitrogens with zero attached hydrogens (tertiary/aromatic N) is 7. The number of halogens is 3. The van der Waals surface area contributed by atoms with Crippen molar-refractivity contribution in [1.29, 1.82) is 0 Å². The molecule has 1 fully saturated rings. The third-order valence-corrected chi connectivity index (χ3v) is 4.86. The van der Waals surface area contributed by atoms with Crippen molar-refractivity contribution in [2.24, 2.45) is 7.05 Å². The number of hydrogen-bond donors (Lipinski definition) is 0. The summed E-state index contributed by atoms with van der Waals surface area (Å²) >= 11 is 0. The van der Waals surface area contributed by atoms with Crippen LogP contribution in [0.4, 0.5) is 19.1 Å². The standard InChI is InChI=1S/C17H20F3N7/c1-11-15(17(18,19)20)21-14-8-6-12(23-27(11)14)5-7-13-22-16(24-25(13)2)26-9-3-4-10-26/h6,8H,3-5,7,9-10H2,1-2H3. The third kappa shape index (κ3) is 3.35. The van der Waals surface area contributed by atoms with Crippen LogP contribution in [0.3, 0.4) is 0 Å². The van der Waals surface area contributed by atoms with Gasteiger partial charge in [0.2, 0.25) is 5.95 Å². The second kappa shape index (κ2) is 6.50. The van der Waals surface area contributed by atoms with Gasteiger partial charge in [-0.05, 0) is 38.3 Å². The molecule has 10 heteroatoms. The van der Waals surface area contributed by atoms with Crippen LogP contribution in [-0.2, 0) is 26.1 Å². The van der Waals surface area contributed by atoms with E-state index in [1.165, 1.54) is 11.4 Å². The number of aromatic nitrogens is 6. The van der Waals surface area contributed by atoms with Gasteiger partial charge in [0, 0.05) is 26.6 Å². The molecule has 3 aromatic heterocycles. The molecule has 0 radical (unpaired) electrons. The second-order valence-corrected chi connectivity index (χ2v) is 6.78. The van der Waals surface area contributed by atoms with Crippen LogP contribution in [0.2, 0.25) is 0 Å². The van der Waals surface area contributed by atoms with Gasteiger partial charge in [-0.2, -0.15) is 23.3 Å². The highest BCUT2D eigenvalue weighted by atomic mass is 19.4. The minimum absolute atomic E-state index is 0.00525. The molecule has 0 unspecified atom stereocenters. The van der Waals surface area contributed by atoms with Gasteiger partial charge >= 0.3 is 6.18 Å². The van der Waals surface area contributed by atoms with Crippen molar-refractivity contribution < 1.29 is 13.2 Å². The Bertz CT molecular complexity index is 967. The molecule has 144 valence electrons. The Morgan fingerprint density at radius 1 is 1.04 bits per heavy atom. The van der Waals surface area contributed by atoms with Crippen molar-refractivity contribution >= 4 is 11.6 Å². The minimum Gasteiger partial charge on any atom is -0.340 e. The summed E-state index contributed by atoms with van der Waals surface area (Å²) in [5.74, 6) is 1.57. The molecule has 4 rings (SSSR count). The molecule has 0 aromatic carbocycles. The van der Waals surface area contributed by atoms with E-state index in [-0.39, 0.29) is 11.3 Å². The van der Waals surface area contributed by atoms with Crippen molar-refractivity contribution in [3.05, 3.63) is 35.0 Å². The smallest absolute Gasteiger partial charge is 0.340 e. The van der Waals surface area contributed by atoms with Gasteiger partial charge in [-0.15, -0.1) is 5.10 Å². The summed E-state index contributed by atoms with van der Waals surface area (Å²) in [7, 11) is 1.86. The lowest BCUT2D eigenvalue weighted by molar-refractivity contribution is -0.141. The van der Waals surface area contributed by atoms with Crippen LogP contribution in [0.1, 0.15) is 35.7 Å². The molecule has 0 aliphatic carbocycles. The molecule has 27 heavy (non-hydrogen) atoms. The molecule has 3 aromatic rings. The predicted octanol–water partition coefficient (Wildman–Crippen LogP) is 2.57. The number of fused-ring (bicyclic) bond motifs is 1. The molecule has 0 spiro atoms. The third-order valence-electron chi connectivity index (χ3n) is 4.86. The van der Waals surface area contributed by atoms with Gasteiger partial charge in [-0.25, -0.2) is 9.50 Å². The highest BCUT2D eigenvalue weighted by Crippen LogP contribution is 2.31. The van der Waals surface area contributed by atoms with E-state index in [1.807, 2.05) is 7.05 Å². The van der Waals surface area contributed by atoms with Crippen LogP contribution in [-0.4, -0.2) is 42.5 Å². The van der Waals surface area contributed by atoms with Gasteiger partial charge < -0.3 is 4.90 Å². The molecule has 4 heterocycles. The Labute approximate surface area is 153 Å². The van der Waals surface area contributed by atoms with E-state index < -0.39 is 11.9 Å². The molecule has 1 aliphatic heterocycles. The van der Waals surface area contributed by atoms with E-state index in [0.29, 0.717) is 18.5 Å².